The van der Waals surface area contributed by atoms with Crippen molar-refractivity contribution >= 4 is 11.9 Å². The van der Waals surface area contributed by atoms with Crippen molar-refractivity contribution in [2.45, 2.75) is 63.6 Å². The fourth-order valence-electron chi connectivity index (χ4n) is 3.29. The van der Waals surface area contributed by atoms with E-state index in [-0.39, 0.29) is 6.54 Å². The molecule has 120 valence electrons. The summed E-state index contributed by atoms with van der Waals surface area (Å²) < 4.78 is 38.4. The Balaban J connectivity index is 2.19. The van der Waals surface area contributed by atoms with Gasteiger partial charge in [0.15, 0.2) is 0 Å². The van der Waals surface area contributed by atoms with Gasteiger partial charge in [0.25, 0.3) is 0 Å². The maximum atomic E-state index is 12.8. The zero-order chi connectivity index (χ0) is 15.7. The lowest BCUT2D eigenvalue weighted by atomic mass is 9.68. The zero-order valence-electron chi connectivity index (χ0n) is 11.8. The predicted molar refractivity (Wildman–Crippen MR) is 68.6 cm³/mol. The van der Waals surface area contributed by atoms with Crippen molar-refractivity contribution < 1.29 is 27.9 Å². The molecule has 0 aromatic carbocycles. The predicted octanol–water partition coefficient (Wildman–Crippen LogP) is 2.96. The van der Waals surface area contributed by atoms with Crippen LogP contribution in [-0.4, -0.2) is 40.6 Å². The molecule has 2 rings (SSSR count). The number of hydrogen-bond donors (Lipinski definition) is 1. The van der Waals surface area contributed by atoms with Gasteiger partial charge in [0.05, 0.1) is 5.41 Å². The molecule has 2 fully saturated rings. The Hall–Kier alpha value is -1.27. The molecule has 2 aliphatic rings. The minimum atomic E-state index is -4.94. The van der Waals surface area contributed by atoms with Gasteiger partial charge in [-0.3, -0.25) is 9.59 Å². The van der Waals surface area contributed by atoms with Crippen LogP contribution < -0.4 is 0 Å². The van der Waals surface area contributed by atoms with Crippen molar-refractivity contribution in [1.82, 2.24) is 4.90 Å². The molecule has 21 heavy (non-hydrogen) atoms. The van der Waals surface area contributed by atoms with Crippen molar-refractivity contribution in [2.75, 3.05) is 6.54 Å². The fraction of sp³-hybridized carbons (Fsp3) is 0.857. The summed E-state index contributed by atoms with van der Waals surface area (Å²) in [5, 5.41) is 9.30. The van der Waals surface area contributed by atoms with Crippen molar-refractivity contribution in [2.24, 2.45) is 5.41 Å². The highest BCUT2D eigenvalue weighted by Gasteiger charge is 2.51. The van der Waals surface area contributed by atoms with E-state index in [9.17, 15) is 27.9 Å². The third kappa shape index (κ3) is 3.32. The first kappa shape index (κ1) is 16.1. The van der Waals surface area contributed by atoms with Crippen molar-refractivity contribution in [3.8, 4) is 0 Å². The number of nitrogens with zero attached hydrogens (tertiary/aromatic N) is 1. The lowest BCUT2D eigenvalue weighted by Gasteiger charge is -2.44. The van der Waals surface area contributed by atoms with Crippen LogP contribution >= 0.6 is 0 Å². The number of alkyl halides is 3. The van der Waals surface area contributed by atoms with Gasteiger partial charge < -0.3 is 10.0 Å². The van der Waals surface area contributed by atoms with E-state index in [0.29, 0.717) is 32.1 Å². The van der Waals surface area contributed by atoms with Gasteiger partial charge in [0.1, 0.15) is 0 Å². The minimum absolute atomic E-state index is 0.314. The van der Waals surface area contributed by atoms with E-state index in [1.807, 2.05) is 0 Å². The molecular formula is C14H20F3NO3. The number of halogens is 3. The number of carboxylic acid groups (broad SMARTS) is 1. The molecule has 4 nitrogen and oxygen atoms in total. The van der Waals surface area contributed by atoms with Crippen LogP contribution in [-0.2, 0) is 9.59 Å². The summed E-state index contributed by atoms with van der Waals surface area (Å²) in [5.74, 6) is -2.98. The lowest BCUT2D eigenvalue weighted by Crippen LogP contribution is -2.55. The number of carbonyl (C=O) groups is 2. The van der Waals surface area contributed by atoms with Gasteiger partial charge >= 0.3 is 18.1 Å². The molecule has 2 aliphatic carbocycles. The van der Waals surface area contributed by atoms with Crippen LogP contribution in [0.2, 0.25) is 0 Å². The number of carbonyl (C=O) groups excluding carboxylic acids is 1. The number of rotatable bonds is 4. The molecular weight excluding hydrogens is 287 g/mol. The van der Waals surface area contributed by atoms with E-state index in [4.69, 9.17) is 0 Å². The van der Waals surface area contributed by atoms with Gasteiger partial charge in [-0.1, -0.05) is 25.7 Å². The average molecular weight is 307 g/mol. The summed E-state index contributed by atoms with van der Waals surface area (Å²) in [6.07, 6.45) is 0.00168. The first-order valence-electron chi connectivity index (χ1n) is 7.37. The van der Waals surface area contributed by atoms with Crippen LogP contribution in [0.25, 0.3) is 0 Å². The molecule has 0 aromatic heterocycles. The van der Waals surface area contributed by atoms with Crippen LogP contribution in [0, 0.1) is 5.41 Å². The second-order valence-corrected chi connectivity index (χ2v) is 6.16. The Morgan fingerprint density at radius 2 is 1.67 bits per heavy atom. The third-order valence-electron chi connectivity index (χ3n) is 4.76. The van der Waals surface area contributed by atoms with E-state index in [2.05, 4.69) is 0 Å². The molecule has 0 heterocycles. The summed E-state index contributed by atoms with van der Waals surface area (Å²) >= 11 is 0. The van der Waals surface area contributed by atoms with Crippen molar-refractivity contribution in [3.63, 3.8) is 0 Å². The van der Waals surface area contributed by atoms with Gasteiger partial charge in [-0.25, -0.2) is 0 Å². The topological polar surface area (TPSA) is 57.6 Å². The number of hydrogen-bond acceptors (Lipinski definition) is 2. The molecule has 0 spiro atoms. The summed E-state index contributed by atoms with van der Waals surface area (Å²) in [5.41, 5.74) is -1.18. The molecule has 0 atom stereocenters. The number of aliphatic carboxylic acids is 1. The largest absolute Gasteiger partial charge is 0.481 e. The zero-order valence-corrected chi connectivity index (χ0v) is 11.8. The Morgan fingerprint density at radius 1 is 1.10 bits per heavy atom. The van der Waals surface area contributed by atoms with Gasteiger partial charge in [-0.15, -0.1) is 0 Å². The monoisotopic (exact) mass is 307 g/mol. The molecule has 0 radical (unpaired) electrons. The third-order valence-corrected chi connectivity index (χ3v) is 4.76. The normalized spacial score (nSPS) is 22.4. The summed E-state index contributed by atoms with van der Waals surface area (Å²) in [4.78, 5) is 23.9. The van der Waals surface area contributed by atoms with Gasteiger partial charge in [0.2, 0.25) is 0 Å². The molecule has 0 aliphatic heterocycles. The maximum Gasteiger partial charge on any atom is 0.471 e. The van der Waals surface area contributed by atoms with Crippen LogP contribution in [0.1, 0.15) is 51.4 Å². The molecule has 1 amide bonds. The Bertz CT molecular complexity index is 412. The summed E-state index contributed by atoms with van der Waals surface area (Å²) in [7, 11) is 0. The second kappa shape index (κ2) is 5.85. The van der Waals surface area contributed by atoms with Crippen LogP contribution in [0.3, 0.4) is 0 Å². The van der Waals surface area contributed by atoms with Gasteiger partial charge in [-0.05, 0) is 25.7 Å². The molecule has 7 heteroatoms. The van der Waals surface area contributed by atoms with Gasteiger partial charge in [0, 0.05) is 12.6 Å². The highest BCUT2D eigenvalue weighted by atomic mass is 19.4. The highest BCUT2D eigenvalue weighted by Crippen LogP contribution is 2.43. The molecule has 0 unspecified atom stereocenters. The van der Waals surface area contributed by atoms with Gasteiger partial charge in [-0.2, -0.15) is 13.2 Å². The Kier molecular flexibility index (Phi) is 4.49. The fourth-order valence-corrected chi connectivity index (χ4v) is 3.29. The Labute approximate surface area is 121 Å². The number of amides is 1. The van der Waals surface area contributed by atoms with E-state index >= 15 is 0 Å². The maximum absolute atomic E-state index is 12.8. The van der Waals surface area contributed by atoms with Crippen molar-refractivity contribution in [1.29, 1.82) is 0 Å². The molecule has 0 bridgehead atoms. The average Bonchev–Trinajstić information content (AvgIpc) is 2.37. The first-order valence-corrected chi connectivity index (χ1v) is 7.37. The summed E-state index contributed by atoms with van der Waals surface area (Å²) in [6.45, 7) is -0.314. The Morgan fingerprint density at radius 3 is 2.05 bits per heavy atom. The van der Waals surface area contributed by atoms with E-state index in [0.717, 1.165) is 24.2 Å². The van der Waals surface area contributed by atoms with Crippen molar-refractivity contribution in [3.05, 3.63) is 0 Å². The second-order valence-electron chi connectivity index (χ2n) is 6.16. The number of carboxylic acids is 1. The smallest absolute Gasteiger partial charge is 0.471 e. The van der Waals surface area contributed by atoms with Crippen LogP contribution in [0.15, 0.2) is 0 Å². The van der Waals surface area contributed by atoms with E-state index < -0.39 is 29.5 Å². The van der Waals surface area contributed by atoms with Crippen LogP contribution in [0.4, 0.5) is 13.2 Å². The van der Waals surface area contributed by atoms with E-state index in [1.54, 1.807) is 0 Å². The lowest BCUT2D eigenvalue weighted by molar-refractivity contribution is -0.192. The molecule has 2 saturated carbocycles. The standard InChI is InChI=1S/C14H20F3NO3/c15-14(16,17)11(19)18(10-5-2-1-3-6-10)9-13(12(20)21)7-4-8-13/h10H,1-9H2,(H,20,21). The molecule has 0 saturated heterocycles. The molecule has 1 N–H and O–H groups in total. The highest BCUT2D eigenvalue weighted by molar-refractivity contribution is 5.83. The minimum Gasteiger partial charge on any atom is -0.481 e. The molecule has 0 aromatic rings. The van der Waals surface area contributed by atoms with Crippen LogP contribution in [0.5, 0.6) is 0 Å². The van der Waals surface area contributed by atoms with E-state index in [1.165, 1.54) is 0 Å². The summed E-state index contributed by atoms with van der Waals surface area (Å²) in [6, 6.07) is -0.482. The first-order chi connectivity index (χ1) is 9.76. The quantitative estimate of drug-likeness (QED) is 0.868. The SMILES string of the molecule is O=C(N(CC1(C(=O)O)CCC1)C1CCCCC1)C(F)(F)F.